The number of carbonyl (C=O) groups is 1. The Bertz CT molecular complexity index is 550. The van der Waals surface area contributed by atoms with Gasteiger partial charge in [-0.25, -0.2) is 13.6 Å². The Morgan fingerprint density at radius 3 is 2.78 bits per heavy atom. The summed E-state index contributed by atoms with van der Waals surface area (Å²) in [5.74, 6) is -0.315. The third kappa shape index (κ3) is 4.31. The van der Waals surface area contributed by atoms with E-state index in [0.717, 1.165) is 6.42 Å². The Morgan fingerprint density at radius 1 is 1.44 bits per heavy atom. The zero-order chi connectivity index (χ0) is 13.6. The van der Waals surface area contributed by atoms with Gasteiger partial charge in [0.05, 0.1) is 4.90 Å². The second-order valence-corrected chi connectivity index (χ2v) is 5.25. The predicted octanol–water partition coefficient (Wildman–Crippen LogP) is 1.03. The lowest BCUT2D eigenvalue weighted by Crippen LogP contribution is -2.24. The van der Waals surface area contributed by atoms with Crippen molar-refractivity contribution in [1.82, 2.24) is 5.32 Å². The summed E-state index contributed by atoms with van der Waals surface area (Å²) in [6.07, 6.45) is 4.56. The molecule has 0 saturated heterocycles. The minimum atomic E-state index is -3.78. The van der Waals surface area contributed by atoms with E-state index in [1.807, 2.05) is 19.1 Å². The van der Waals surface area contributed by atoms with Crippen LogP contribution in [0, 0.1) is 0 Å². The molecule has 0 unspecified atom stereocenters. The van der Waals surface area contributed by atoms with Crippen molar-refractivity contribution >= 4 is 15.9 Å². The lowest BCUT2D eigenvalue weighted by molar-refractivity contribution is 0.0954. The first kappa shape index (κ1) is 14.4. The van der Waals surface area contributed by atoms with Gasteiger partial charge in [-0.15, -0.1) is 0 Å². The molecule has 1 rings (SSSR count). The van der Waals surface area contributed by atoms with Crippen LogP contribution >= 0.6 is 0 Å². The Hall–Kier alpha value is -1.66. The second-order valence-electron chi connectivity index (χ2n) is 3.69. The van der Waals surface area contributed by atoms with Gasteiger partial charge in [-0.2, -0.15) is 0 Å². The van der Waals surface area contributed by atoms with Crippen LogP contribution in [0.15, 0.2) is 41.3 Å². The molecule has 1 aromatic rings. The number of nitrogens with two attached hydrogens (primary N) is 1. The molecular weight excluding hydrogens is 252 g/mol. The van der Waals surface area contributed by atoms with E-state index in [2.05, 4.69) is 5.32 Å². The van der Waals surface area contributed by atoms with Crippen LogP contribution in [0.4, 0.5) is 0 Å². The van der Waals surface area contributed by atoms with E-state index in [1.165, 1.54) is 18.2 Å². The highest BCUT2D eigenvalue weighted by atomic mass is 32.2. The third-order valence-corrected chi connectivity index (χ3v) is 3.17. The number of benzene rings is 1. The molecule has 0 aromatic heterocycles. The fraction of sp³-hybridized carbons (Fsp3) is 0.250. The minimum Gasteiger partial charge on any atom is -0.352 e. The van der Waals surface area contributed by atoms with Gasteiger partial charge in [0, 0.05) is 12.1 Å². The van der Waals surface area contributed by atoms with E-state index in [4.69, 9.17) is 5.14 Å². The average Bonchev–Trinajstić information content (AvgIpc) is 2.33. The highest BCUT2D eigenvalue weighted by Crippen LogP contribution is 2.09. The molecule has 18 heavy (non-hydrogen) atoms. The first-order valence-electron chi connectivity index (χ1n) is 5.47. The summed E-state index contributed by atoms with van der Waals surface area (Å²) >= 11 is 0. The quantitative estimate of drug-likeness (QED) is 0.617. The molecule has 1 amide bonds. The molecule has 1 aromatic carbocycles. The second kappa shape index (κ2) is 6.32. The number of rotatable bonds is 5. The molecule has 0 aliphatic rings. The largest absolute Gasteiger partial charge is 0.352 e. The SMILES string of the molecule is C/C=C/CCNC(=O)c1cccc(S(N)(=O)=O)c1. The highest BCUT2D eigenvalue weighted by Gasteiger charge is 2.11. The summed E-state index contributed by atoms with van der Waals surface area (Å²) in [4.78, 5) is 11.7. The van der Waals surface area contributed by atoms with Crippen molar-refractivity contribution in [2.24, 2.45) is 5.14 Å². The number of allylic oxidation sites excluding steroid dienone is 1. The van der Waals surface area contributed by atoms with Gasteiger partial charge in [-0.1, -0.05) is 18.2 Å². The van der Waals surface area contributed by atoms with Crippen molar-refractivity contribution < 1.29 is 13.2 Å². The molecular formula is C12H16N2O3S. The molecule has 5 nitrogen and oxygen atoms in total. The van der Waals surface area contributed by atoms with Gasteiger partial charge in [0.25, 0.3) is 5.91 Å². The molecule has 0 aliphatic heterocycles. The average molecular weight is 268 g/mol. The molecule has 0 spiro atoms. The molecule has 0 heterocycles. The molecule has 6 heteroatoms. The van der Waals surface area contributed by atoms with Gasteiger partial charge < -0.3 is 5.32 Å². The molecule has 0 bridgehead atoms. The number of hydrogen-bond donors (Lipinski definition) is 2. The standard InChI is InChI=1S/C12H16N2O3S/c1-2-3-4-8-14-12(15)10-6-5-7-11(9-10)18(13,16)17/h2-3,5-7,9H,4,8H2,1H3,(H,14,15)(H2,13,16,17)/b3-2+. The Labute approximate surface area is 107 Å². The summed E-state index contributed by atoms with van der Waals surface area (Å²) in [5, 5.41) is 7.68. The van der Waals surface area contributed by atoms with Crippen LogP contribution in [0.5, 0.6) is 0 Å². The van der Waals surface area contributed by atoms with Crippen molar-refractivity contribution in [2.45, 2.75) is 18.2 Å². The summed E-state index contributed by atoms with van der Waals surface area (Å²) < 4.78 is 22.3. The fourth-order valence-corrected chi connectivity index (χ4v) is 1.91. The van der Waals surface area contributed by atoms with Crippen molar-refractivity contribution in [1.29, 1.82) is 0 Å². The molecule has 3 N–H and O–H groups in total. The number of hydrogen-bond acceptors (Lipinski definition) is 3. The van der Waals surface area contributed by atoms with E-state index >= 15 is 0 Å². The van der Waals surface area contributed by atoms with Crippen LogP contribution < -0.4 is 10.5 Å². The Kier molecular flexibility index (Phi) is 5.06. The smallest absolute Gasteiger partial charge is 0.251 e. The number of carbonyl (C=O) groups excluding carboxylic acids is 1. The van der Waals surface area contributed by atoms with Crippen molar-refractivity contribution in [3.63, 3.8) is 0 Å². The molecule has 0 aliphatic carbocycles. The van der Waals surface area contributed by atoms with Gasteiger partial charge in [0.15, 0.2) is 0 Å². The minimum absolute atomic E-state index is 0.0661. The van der Waals surface area contributed by atoms with E-state index < -0.39 is 10.0 Å². The van der Waals surface area contributed by atoms with E-state index in [1.54, 1.807) is 6.07 Å². The Morgan fingerprint density at radius 2 is 2.17 bits per heavy atom. The lowest BCUT2D eigenvalue weighted by Gasteiger charge is -2.05. The van der Waals surface area contributed by atoms with E-state index in [-0.39, 0.29) is 16.4 Å². The van der Waals surface area contributed by atoms with Crippen molar-refractivity contribution in [3.05, 3.63) is 42.0 Å². The molecule has 0 fully saturated rings. The van der Waals surface area contributed by atoms with E-state index in [0.29, 0.717) is 6.54 Å². The first-order valence-corrected chi connectivity index (χ1v) is 7.02. The van der Waals surface area contributed by atoms with Crippen molar-refractivity contribution in [3.8, 4) is 0 Å². The normalized spacial score (nSPS) is 11.7. The summed E-state index contributed by atoms with van der Waals surface area (Å²) in [7, 11) is -3.78. The van der Waals surface area contributed by atoms with Gasteiger partial charge in [-0.3, -0.25) is 4.79 Å². The topological polar surface area (TPSA) is 89.3 Å². The Balaban J connectivity index is 2.75. The summed E-state index contributed by atoms with van der Waals surface area (Å²) in [6.45, 7) is 2.40. The van der Waals surface area contributed by atoms with Crippen LogP contribution in [-0.2, 0) is 10.0 Å². The molecule has 98 valence electrons. The summed E-state index contributed by atoms with van der Waals surface area (Å²) in [5.41, 5.74) is 0.280. The highest BCUT2D eigenvalue weighted by molar-refractivity contribution is 7.89. The monoisotopic (exact) mass is 268 g/mol. The maximum Gasteiger partial charge on any atom is 0.251 e. The van der Waals surface area contributed by atoms with Gasteiger partial charge >= 0.3 is 0 Å². The number of nitrogens with one attached hydrogen (secondary N) is 1. The van der Waals surface area contributed by atoms with Crippen LogP contribution in [0.1, 0.15) is 23.7 Å². The fourth-order valence-electron chi connectivity index (χ4n) is 1.35. The lowest BCUT2D eigenvalue weighted by atomic mass is 10.2. The van der Waals surface area contributed by atoms with Crippen LogP contribution in [0.2, 0.25) is 0 Å². The van der Waals surface area contributed by atoms with Crippen LogP contribution in [0.25, 0.3) is 0 Å². The van der Waals surface area contributed by atoms with Gasteiger partial charge in [-0.05, 0) is 31.5 Å². The van der Waals surface area contributed by atoms with Gasteiger partial charge in [0.1, 0.15) is 0 Å². The van der Waals surface area contributed by atoms with Crippen molar-refractivity contribution in [2.75, 3.05) is 6.54 Å². The zero-order valence-corrected chi connectivity index (χ0v) is 10.9. The number of sulfonamides is 1. The summed E-state index contributed by atoms with van der Waals surface area (Å²) in [6, 6.07) is 5.65. The van der Waals surface area contributed by atoms with Crippen LogP contribution in [0.3, 0.4) is 0 Å². The van der Waals surface area contributed by atoms with E-state index in [9.17, 15) is 13.2 Å². The maximum absolute atomic E-state index is 11.7. The third-order valence-electron chi connectivity index (χ3n) is 2.26. The molecule has 0 saturated carbocycles. The predicted molar refractivity (Wildman–Crippen MR) is 69.6 cm³/mol. The zero-order valence-electron chi connectivity index (χ0n) is 10.1. The molecule has 0 atom stereocenters. The van der Waals surface area contributed by atoms with Gasteiger partial charge in [0.2, 0.25) is 10.0 Å². The maximum atomic E-state index is 11.7. The number of amides is 1. The molecule has 0 radical (unpaired) electrons. The first-order chi connectivity index (χ1) is 8.45. The number of primary sulfonamides is 1. The van der Waals surface area contributed by atoms with Crippen LogP contribution in [-0.4, -0.2) is 20.9 Å².